The summed E-state index contributed by atoms with van der Waals surface area (Å²) in [5.41, 5.74) is 0.507. The second-order valence-electron chi connectivity index (χ2n) is 4.36. The molecule has 0 bridgehead atoms. The van der Waals surface area contributed by atoms with Gasteiger partial charge in [-0.15, -0.1) is 0 Å². The van der Waals surface area contributed by atoms with Crippen molar-refractivity contribution in [2.24, 2.45) is 0 Å². The lowest BCUT2D eigenvalue weighted by Crippen LogP contribution is -2.27. The van der Waals surface area contributed by atoms with Crippen LogP contribution in [0.15, 0.2) is 50.4 Å². The number of benzene rings is 1. The van der Waals surface area contributed by atoms with Gasteiger partial charge in [0.1, 0.15) is 11.5 Å². The number of nitrogens with zero attached hydrogens (tertiary/aromatic N) is 1. The lowest BCUT2D eigenvalue weighted by Gasteiger charge is -2.12. The Morgan fingerprint density at radius 2 is 1.91 bits per heavy atom. The molecule has 22 heavy (non-hydrogen) atoms. The first kappa shape index (κ1) is 14.9. The molecule has 1 aromatic heterocycles. The molecule has 0 radical (unpaired) electrons. The van der Waals surface area contributed by atoms with E-state index in [9.17, 15) is 9.59 Å². The molecule has 7 heteroatoms. The Morgan fingerprint density at radius 3 is 2.50 bits per heavy atom. The number of carbonyl (C=O) groups is 2. The van der Waals surface area contributed by atoms with Gasteiger partial charge in [-0.3, -0.25) is 9.59 Å². The molecule has 2 heterocycles. The Labute approximate surface area is 139 Å². The van der Waals surface area contributed by atoms with Crippen LogP contribution in [0.25, 0.3) is 6.08 Å². The minimum Gasteiger partial charge on any atom is -0.497 e. The standard InChI is InChI=1S/C15H10BrNO4S/c1-20-10-4-2-9(3-5-10)17-14(18)12(22-15(17)19)8-11-6-7-13(16)21-11/h2-8H,1H3/b12-8-. The van der Waals surface area contributed by atoms with Crippen molar-refractivity contribution < 1.29 is 18.7 Å². The van der Waals surface area contributed by atoms with Gasteiger partial charge in [-0.05, 0) is 64.1 Å². The zero-order valence-corrected chi connectivity index (χ0v) is 13.8. The number of methoxy groups -OCH3 is 1. The first-order valence-electron chi connectivity index (χ1n) is 6.26. The molecular formula is C15H10BrNO4S. The highest BCUT2D eigenvalue weighted by Crippen LogP contribution is 2.36. The van der Waals surface area contributed by atoms with Crippen LogP contribution in [0, 0.1) is 0 Å². The van der Waals surface area contributed by atoms with Crippen molar-refractivity contribution in [1.82, 2.24) is 0 Å². The number of halogens is 1. The Balaban J connectivity index is 1.89. The van der Waals surface area contributed by atoms with E-state index < -0.39 is 0 Å². The highest BCUT2D eigenvalue weighted by Gasteiger charge is 2.36. The van der Waals surface area contributed by atoms with Crippen LogP contribution in [0.5, 0.6) is 5.75 Å². The van der Waals surface area contributed by atoms with Gasteiger partial charge in [0.05, 0.1) is 17.7 Å². The van der Waals surface area contributed by atoms with Gasteiger partial charge >= 0.3 is 0 Å². The van der Waals surface area contributed by atoms with Gasteiger partial charge in [0.2, 0.25) is 0 Å². The maximum Gasteiger partial charge on any atom is 0.298 e. The highest BCUT2D eigenvalue weighted by molar-refractivity contribution is 9.10. The molecule has 1 saturated heterocycles. The fourth-order valence-corrected chi connectivity index (χ4v) is 3.10. The van der Waals surface area contributed by atoms with Crippen LogP contribution in [0.3, 0.4) is 0 Å². The van der Waals surface area contributed by atoms with E-state index in [1.165, 1.54) is 0 Å². The van der Waals surface area contributed by atoms with E-state index in [1.54, 1.807) is 49.6 Å². The molecule has 3 rings (SSSR count). The molecule has 0 saturated carbocycles. The number of amides is 2. The smallest absolute Gasteiger partial charge is 0.298 e. The quantitative estimate of drug-likeness (QED) is 0.744. The molecular weight excluding hydrogens is 370 g/mol. The van der Waals surface area contributed by atoms with Crippen LogP contribution < -0.4 is 9.64 Å². The number of hydrogen-bond acceptors (Lipinski definition) is 5. The fourth-order valence-electron chi connectivity index (χ4n) is 1.96. The van der Waals surface area contributed by atoms with Crippen molar-refractivity contribution in [1.29, 1.82) is 0 Å². The summed E-state index contributed by atoms with van der Waals surface area (Å²) in [5.74, 6) is 0.798. The topological polar surface area (TPSA) is 59.8 Å². The molecule has 1 aliphatic rings. The Hall–Kier alpha value is -1.99. The molecule has 1 aliphatic heterocycles. The van der Waals surface area contributed by atoms with Gasteiger partial charge in [0.25, 0.3) is 11.1 Å². The van der Waals surface area contributed by atoms with E-state index in [0.29, 0.717) is 26.8 Å². The van der Waals surface area contributed by atoms with Gasteiger partial charge < -0.3 is 9.15 Å². The van der Waals surface area contributed by atoms with Crippen molar-refractivity contribution in [3.05, 3.63) is 51.7 Å². The third kappa shape index (κ3) is 2.82. The molecule has 0 N–H and O–H groups in total. The maximum absolute atomic E-state index is 12.4. The van der Waals surface area contributed by atoms with E-state index in [-0.39, 0.29) is 11.1 Å². The molecule has 0 atom stereocenters. The summed E-state index contributed by atoms with van der Waals surface area (Å²) in [6.45, 7) is 0. The van der Waals surface area contributed by atoms with Gasteiger partial charge in [-0.25, -0.2) is 4.90 Å². The van der Waals surface area contributed by atoms with Crippen molar-refractivity contribution in [3.63, 3.8) is 0 Å². The van der Waals surface area contributed by atoms with E-state index >= 15 is 0 Å². The summed E-state index contributed by atoms with van der Waals surface area (Å²) in [7, 11) is 1.55. The number of hydrogen-bond donors (Lipinski definition) is 0. The second-order valence-corrected chi connectivity index (χ2v) is 6.13. The largest absolute Gasteiger partial charge is 0.497 e. The number of rotatable bonds is 3. The van der Waals surface area contributed by atoms with E-state index in [1.807, 2.05) is 0 Å². The van der Waals surface area contributed by atoms with Crippen LogP contribution in [0.2, 0.25) is 0 Å². The lowest BCUT2D eigenvalue weighted by molar-refractivity contribution is -0.113. The highest BCUT2D eigenvalue weighted by atomic mass is 79.9. The normalized spacial score (nSPS) is 16.6. The Morgan fingerprint density at radius 1 is 1.18 bits per heavy atom. The number of carbonyl (C=O) groups excluding carboxylic acids is 2. The molecule has 112 valence electrons. The molecule has 2 amide bonds. The van der Waals surface area contributed by atoms with E-state index in [4.69, 9.17) is 9.15 Å². The summed E-state index contributed by atoms with van der Waals surface area (Å²) in [5, 5.41) is -0.341. The first-order chi connectivity index (χ1) is 10.6. The molecule has 1 aromatic carbocycles. The zero-order chi connectivity index (χ0) is 15.7. The summed E-state index contributed by atoms with van der Waals surface area (Å²) in [6, 6.07) is 10.2. The number of thioether (sulfide) groups is 1. The fraction of sp³-hybridized carbons (Fsp3) is 0.0667. The average Bonchev–Trinajstić information content (AvgIpc) is 3.03. The van der Waals surface area contributed by atoms with Crippen LogP contribution in [0.4, 0.5) is 10.5 Å². The van der Waals surface area contributed by atoms with Crippen molar-refractivity contribution in [2.45, 2.75) is 0 Å². The Bertz CT molecular complexity index is 766. The summed E-state index contributed by atoms with van der Waals surface area (Å²) in [4.78, 5) is 26.0. The molecule has 0 aliphatic carbocycles. The van der Waals surface area contributed by atoms with Crippen molar-refractivity contribution in [3.8, 4) is 5.75 Å². The van der Waals surface area contributed by atoms with Crippen LogP contribution >= 0.6 is 27.7 Å². The molecule has 1 fully saturated rings. The number of ether oxygens (including phenoxy) is 1. The van der Waals surface area contributed by atoms with Gasteiger partial charge in [0.15, 0.2) is 4.67 Å². The molecule has 0 spiro atoms. The lowest BCUT2D eigenvalue weighted by atomic mass is 10.2. The summed E-state index contributed by atoms with van der Waals surface area (Å²) in [6.07, 6.45) is 1.55. The van der Waals surface area contributed by atoms with Gasteiger partial charge in [-0.2, -0.15) is 0 Å². The molecule has 5 nitrogen and oxygen atoms in total. The first-order valence-corrected chi connectivity index (χ1v) is 7.87. The van der Waals surface area contributed by atoms with Crippen LogP contribution in [-0.2, 0) is 4.79 Å². The number of furan rings is 1. The van der Waals surface area contributed by atoms with E-state index in [0.717, 1.165) is 16.7 Å². The predicted octanol–water partition coefficient (Wildman–Crippen LogP) is 4.29. The SMILES string of the molecule is COc1ccc(N2C(=O)S/C(=C\c3ccc(Br)o3)C2=O)cc1. The van der Waals surface area contributed by atoms with Crippen molar-refractivity contribution in [2.75, 3.05) is 12.0 Å². The number of imide groups is 1. The Kier molecular flexibility index (Phi) is 4.08. The van der Waals surface area contributed by atoms with Gasteiger partial charge in [0, 0.05) is 6.08 Å². The van der Waals surface area contributed by atoms with Crippen molar-refractivity contribution >= 4 is 50.6 Å². The second kappa shape index (κ2) is 6.02. The third-order valence-electron chi connectivity index (χ3n) is 2.99. The predicted molar refractivity (Wildman–Crippen MR) is 87.9 cm³/mol. The van der Waals surface area contributed by atoms with Crippen LogP contribution in [-0.4, -0.2) is 18.3 Å². The number of anilines is 1. The van der Waals surface area contributed by atoms with Gasteiger partial charge in [-0.1, -0.05) is 0 Å². The van der Waals surface area contributed by atoms with E-state index in [2.05, 4.69) is 15.9 Å². The minimum absolute atomic E-state index is 0.322. The molecule has 2 aromatic rings. The summed E-state index contributed by atoms with van der Waals surface area (Å²) < 4.78 is 11.0. The zero-order valence-electron chi connectivity index (χ0n) is 11.4. The maximum atomic E-state index is 12.4. The third-order valence-corrected chi connectivity index (χ3v) is 4.29. The average molecular weight is 380 g/mol. The minimum atomic E-state index is -0.368. The molecule has 0 unspecified atom stereocenters. The van der Waals surface area contributed by atoms with Crippen LogP contribution in [0.1, 0.15) is 5.76 Å². The summed E-state index contributed by atoms with van der Waals surface area (Å²) >= 11 is 4.08. The monoisotopic (exact) mass is 379 g/mol.